The van der Waals surface area contributed by atoms with E-state index in [1.54, 1.807) is 11.2 Å². The molecule has 2 aromatic carbocycles. The summed E-state index contributed by atoms with van der Waals surface area (Å²) in [6, 6.07) is 11.5. The van der Waals surface area contributed by atoms with Crippen molar-refractivity contribution in [1.82, 2.24) is 14.9 Å². The molecule has 4 rings (SSSR count). The third kappa shape index (κ3) is 6.06. The van der Waals surface area contributed by atoms with Crippen LogP contribution in [0.25, 0.3) is 22.0 Å². The second-order valence-electron chi connectivity index (χ2n) is 8.51. The summed E-state index contributed by atoms with van der Waals surface area (Å²) in [6.45, 7) is 12.1. The van der Waals surface area contributed by atoms with E-state index in [4.69, 9.17) is 27.9 Å². The van der Waals surface area contributed by atoms with Gasteiger partial charge in [0, 0.05) is 42.2 Å². The number of nitrogens with zero attached hydrogens (tertiary/aromatic N) is 4. The lowest BCUT2D eigenvalue weighted by Crippen LogP contribution is -2.50. The summed E-state index contributed by atoms with van der Waals surface area (Å²) >= 11 is 12.6. The molecule has 1 amide bonds. The maximum absolute atomic E-state index is 12.4. The largest absolute Gasteiger partial charge is 0.444 e. The zero-order chi connectivity index (χ0) is 24.2. The Morgan fingerprint density at radius 1 is 0.970 bits per heavy atom. The van der Waals surface area contributed by atoms with E-state index in [-0.39, 0.29) is 6.09 Å². The summed E-state index contributed by atoms with van der Waals surface area (Å²) in [4.78, 5) is 25.2. The third-order valence-corrected chi connectivity index (χ3v) is 5.65. The number of hydrogen-bond acceptors (Lipinski definition) is 5. The van der Waals surface area contributed by atoms with Gasteiger partial charge < -0.3 is 14.5 Å². The number of carbonyl (C=O) groups excluding carboxylic acids is 1. The van der Waals surface area contributed by atoms with Gasteiger partial charge in [0.05, 0.1) is 10.5 Å². The Kier molecular flexibility index (Phi) is 8.03. The Balaban J connectivity index is 0.00000149. The summed E-state index contributed by atoms with van der Waals surface area (Å²) in [5.74, 6) is 0.834. The van der Waals surface area contributed by atoms with E-state index in [0.29, 0.717) is 36.2 Å². The molecule has 0 N–H and O–H groups in total. The van der Waals surface area contributed by atoms with Gasteiger partial charge in [-0.25, -0.2) is 14.8 Å². The van der Waals surface area contributed by atoms with Crippen LogP contribution in [-0.2, 0) is 4.74 Å². The van der Waals surface area contributed by atoms with Gasteiger partial charge in [-0.3, -0.25) is 0 Å². The minimum absolute atomic E-state index is 0.281. The highest BCUT2D eigenvalue weighted by Gasteiger charge is 2.27. The number of benzene rings is 2. The van der Waals surface area contributed by atoms with Crippen molar-refractivity contribution in [1.29, 1.82) is 0 Å². The predicted octanol–water partition coefficient (Wildman–Crippen LogP) is 6.69. The van der Waals surface area contributed by atoms with Crippen molar-refractivity contribution in [2.45, 2.75) is 40.2 Å². The van der Waals surface area contributed by atoms with E-state index >= 15 is 0 Å². The smallest absolute Gasteiger partial charge is 0.410 e. The van der Waals surface area contributed by atoms with Crippen LogP contribution in [0.3, 0.4) is 0 Å². The molecule has 0 bridgehead atoms. The maximum Gasteiger partial charge on any atom is 0.410 e. The maximum atomic E-state index is 12.4. The van der Waals surface area contributed by atoms with Gasteiger partial charge in [0.1, 0.15) is 17.7 Å². The molecule has 0 radical (unpaired) electrons. The predicted molar refractivity (Wildman–Crippen MR) is 136 cm³/mol. The van der Waals surface area contributed by atoms with E-state index in [1.165, 1.54) is 0 Å². The van der Waals surface area contributed by atoms with Crippen LogP contribution in [0.15, 0.2) is 42.7 Å². The molecule has 33 heavy (non-hydrogen) atoms. The number of rotatable bonds is 2. The summed E-state index contributed by atoms with van der Waals surface area (Å²) in [7, 11) is 0. The van der Waals surface area contributed by atoms with E-state index in [0.717, 1.165) is 27.8 Å². The molecule has 0 spiro atoms. The molecule has 1 aliphatic heterocycles. The number of fused-ring (bicyclic) bond motifs is 1. The fraction of sp³-hybridized carbons (Fsp3) is 0.400. The molecule has 8 heteroatoms. The van der Waals surface area contributed by atoms with Crippen molar-refractivity contribution < 1.29 is 9.53 Å². The summed E-state index contributed by atoms with van der Waals surface area (Å²) < 4.78 is 5.49. The Labute approximate surface area is 205 Å². The average molecular weight is 489 g/mol. The SMILES string of the molecule is CC.CC(C)(C)OC(=O)N1CCN(c2ncnc3cc(Cl)c(-c4ccc(Cl)cc4)cc23)CC1. The third-order valence-electron chi connectivity index (χ3n) is 5.09. The van der Waals surface area contributed by atoms with E-state index in [9.17, 15) is 4.79 Å². The van der Waals surface area contributed by atoms with Gasteiger partial charge in [0.15, 0.2) is 0 Å². The Morgan fingerprint density at radius 3 is 2.21 bits per heavy atom. The van der Waals surface area contributed by atoms with Crippen molar-refractivity contribution in [3.63, 3.8) is 0 Å². The number of halogens is 2. The monoisotopic (exact) mass is 488 g/mol. The minimum Gasteiger partial charge on any atom is -0.444 e. The number of anilines is 1. The first kappa shape index (κ1) is 25.1. The van der Waals surface area contributed by atoms with Crippen molar-refractivity contribution in [2.24, 2.45) is 0 Å². The van der Waals surface area contributed by atoms with Gasteiger partial charge in [-0.1, -0.05) is 49.2 Å². The molecule has 0 unspecified atom stereocenters. The molecule has 0 atom stereocenters. The lowest BCUT2D eigenvalue weighted by atomic mass is 10.0. The molecule has 2 heterocycles. The van der Waals surface area contributed by atoms with Crippen molar-refractivity contribution in [2.75, 3.05) is 31.1 Å². The van der Waals surface area contributed by atoms with Gasteiger partial charge >= 0.3 is 6.09 Å². The minimum atomic E-state index is -0.506. The highest BCUT2D eigenvalue weighted by Crippen LogP contribution is 2.35. The standard InChI is InChI=1S/C23H24Cl2N4O2.C2H6/c1-23(2,3)31-22(30)29-10-8-28(9-11-29)21-18-12-17(15-4-6-16(24)7-5-15)19(25)13-20(18)26-14-27-21;1-2/h4-7,12-14H,8-11H2,1-3H3;1-2H3. The van der Waals surface area contributed by atoms with Crippen LogP contribution in [-0.4, -0.2) is 52.7 Å². The quantitative estimate of drug-likeness (QED) is 0.402. The lowest BCUT2D eigenvalue weighted by molar-refractivity contribution is 0.0240. The first-order chi connectivity index (χ1) is 15.7. The molecule has 1 fully saturated rings. The van der Waals surface area contributed by atoms with Crippen LogP contribution >= 0.6 is 23.2 Å². The topological polar surface area (TPSA) is 58.6 Å². The van der Waals surface area contributed by atoms with E-state index < -0.39 is 5.60 Å². The van der Waals surface area contributed by atoms with Crippen LogP contribution in [0.4, 0.5) is 10.6 Å². The molecule has 3 aromatic rings. The number of carbonyl (C=O) groups is 1. The molecular weight excluding hydrogens is 459 g/mol. The zero-order valence-electron chi connectivity index (χ0n) is 19.7. The summed E-state index contributed by atoms with van der Waals surface area (Å²) in [5.41, 5.74) is 2.14. The summed E-state index contributed by atoms with van der Waals surface area (Å²) in [5, 5.41) is 2.21. The number of aromatic nitrogens is 2. The second kappa shape index (κ2) is 10.6. The molecule has 0 saturated carbocycles. The number of ether oxygens (including phenoxy) is 1. The van der Waals surface area contributed by atoms with Crippen molar-refractivity contribution in [3.8, 4) is 11.1 Å². The van der Waals surface area contributed by atoms with Crippen LogP contribution in [0, 0.1) is 0 Å². The number of hydrogen-bond donors (Lipinski definition) is 0. The van der Waals surface area contributed by atoms with Gasteiger partial charge in [-0.2, -0.15) is 0 Å². The fourth-order valence-corrected chi connectivity index (χ4v) is 3.99. The van der Waals surface area contributed by atoms with Crippen LogP contribution < -0.4 is 4.90 Å². The van der Waals surface area contributed by atoms with Crippen LogP contribution in [0.5, 0.6) is 0 Å². The number of piperazine rings is 1. The molecule has 176 valence electrons. The van der Waals surface area contributed by atoms with Crippen LogP contribution in [0.1, 0.15) is 34.6 Å². The normalized spacial score (nSPS) is 14.0. The van der Waals surface area contributed by atoms with Crippen molar-refractivity contribution in [3.05, 3.63) is 52.8 Å². The van der Waals surface area contributed by atoms with Gasteiger partial charge in [0.2, 0.25) is 0 Å². The van der Waals surface area contributed by atoms with Crippen molar-refractivity contribution >= 4 is 46.0 Å². The lowest BCUT2D eigenvalue weighted by Gasteiger charge is -2.36. The molecule has 1 aromatic heterocycles. The first-order valence-electron chi connectivity index (χ1n) is 11.1. The molecule has 1 aliphatic rings. The molecule has 0 aliphatic carbocycles. The highest BCUT2D eigenvalue weighted by atomic mass is 35.5. The highest BCUT2D eigenvalue weighted by molar-refractivity contribution is 6.34. The zero-order valence-corrected chi connectivity index (χ0v) is 21.2. The fourth-order valence-electron chi connectivity index (χ4n) is 3.59. The Morgan fingerprint density at radius 2 is 1.61 bits per heavy atom. The molecule has 1 saturated heterocycles. The van der Waals surface area contributed by atoms with Gasteiger partial charge in [-0.15, -0.1) is 0 Å². The van der Waals surface area contributed by atoms with Gasteiger partial charge in [-0.05, 0) is 50.6 Å². The molecular formula is C25H30Cl2N4O2. The Bertz CT molecular complexity index is 1110. The van der Waals surface area contributed by atoms with E-state index in [2.05, 4.69) is 14.9 Å². The molecule has 6 nitrogen and oxygen atoms in total. The van der Waals surface area contributed by atoms with Crippen LogP contribution in [0.2, 0.25) is 10.0 Å². The second-order valence-corrected chi connectivity index (χ2v) is 9.35. The first-order valence-corrected chi connectivity index (χ1v) is 11.9. The average Bonchev–Trinajstić information content (AvgIpc) is 2.79. The van der Waals surface area contributed by atoms with Gasteiger partial charge in [0.25, 0.3) is 0 Å². The van der Waals surface area contributed by atoms with E-state index in [1.807, 2.05) is 71.0 Å². The summed E-state index contributed by atoms with van der Waals surface area (Å²) in [6.07, 6.45) is 1.27. The number of amides is 1. The Hall–Kier alpha value is -2.57.